The molecule has 2 aliphatic rings. The summed E-state index contributed by atoms with van der Waals surface area (Å²) in [6, 6.07) is 0. The minimum Gasteiger partial charge on any atom is -0.468 e. The highest BCUT2D eigenvalue weighted by Gasteiger charge is 2.35. The number of hydrogen-bond donors (Lipinski definition) is 0. The van der Waals surface area contributed by atoms with Gasteiger partial charge in [-0.2, -0.15) is 0 Å². The highest BCUT2D eigenvalue weighted by molar-refractivity contribution is 6.20. The molecule has 1 saturated heterocycles. The van der Waals surface area contributed by atoms with Gasteiger partial charge in [-0.3, -0.25) is 4.79 Å². The zero-order chi connectivity index (χ0) is 11.0. The molecule has 1 aliphatic heterocycles. The van der Waals surface area contributed by atoms with Crippen LogP contribution in [0.3, 0.4) is 0 Å². The first-order valence-electron chi connectivity index (χ1n) is 5.17. The Kier molecular flexibility index (Phi) is 2.74. The smallest absolute Gasteiger partial charge is 0.170 e. The van der Waals surface area contributed by atoms with E-state index in [-0.39, 0.29) is 17.5 Å². The molecular weight excluding hydrogens is 214 g/mol. The average Bonchev–Trinajstić information content (AvgIpc) is 2.52. The Morgan fingerprint density at radius 2 is 2.47 bits per heavy atom. The standard InChI is InChI=1S/C11H14ClNO2/c1-3-11(12)13-7(2)15-10-6-8(14)4-5-9(10)13/h5-7,11H,3-4H2,1-2H3. The van der Waals surface area contributed by atoms with Crippen LogP contribution in [-0.4, -0.2) is 22.4 Å². The van der Waals surface area contributed by atoms with Crippen molar-refractivity contribution in [3.8, 4) is 0 Å². The van der Waals surface area contributed by atoms with Crippen molar-refractivity contribution in [3.05, 3.63) is 23.6 Å². The van der Waals surface area contributed by atoms with Crippen molar-refractivity contribution in [1.29, 1.82) is 0 Å². The Balaban J connectivity index is 2.29. The molecule has 2 unspecified atom stereocenters. The van der Waals surface area contributed by atoms with Crippen molar-refractivity contribution in [2.75, 3.05) is 0 Å². The van der Waals surface area contributed by atoms with Crippen LogP contribution in [0, 0.1) is 0 Å². The van der Waals surface area contributed by atoms with Gasteiger partial charge in [0.15, 0.2) is 12.0 Å². The Bertz CT molecular complexity index is 348. The lowest BCUT2D eigenvalue weighted by Crippen LogP contribution is -2.33. The molecule has 2 rings (SSSR count). The molecule has 0 saturated carbocycles. The SMILES string of the molecule is CCC(Cl)N1C2=CCC(=O)C=C2OC1C. The number of allylic oxidation sites excluding steroid dienone is 2. The first-order chi connectivity index (χ1) is 7.13. The number of rotatable bonds is 2. The van der Waals surface area contributed by atoms with Crippen LogP contribution in [0.1, 0.15) is 26.7 Å². The van der Waals surface area contributed by atoms with Gasteiger partial charge in [-0.15, -0.1) is 0 Å². The van der Waals surface area contributed by atoms with Gasteiger partial charge in [-0.1, -0.05) is 18.5 Å². The molecule has 0 amide bonds. The van der Waals surface area contributed by atoms with Gasteiger partial charge >= 0.3 is 0 Å². The molecule has 0 aromatic rings. The fourth-order valence-electron chi connectivity index (χ4n) is 1.92. The minimum atomic E-state index is -0.0872. The van der Waals surface area contributed by atoms with Gasteiger partial charge in [0.05, 0.1) is 5.70 Å². The van der Waals surface area contributed by atoms with Crippen molar-refractivity contribution in [2.24, 2.45) is 0 Å². The summed E-state index contributed by atoms with van der Waals surface area (Å²) in [6.45, 7) is 3.97. The summed E-state index contributed by atoms with van der Waals surface area (Å²) >= 11 is 6.22. The minimum absolute atomic E-state index is 0.0784. The number of fused-ring (bicyclic) bond motifs is 1. The summed E-state index contributed by atoms with van der Waals surface area (Å²) in [7, 11) is 0. The maximum Gasteiger partial charge on any atom is 0.170 e. The van der Waals surface area contributed by atoms with Gasteiger partial charge in [0, 0.05) is 12.5 Å². The van der Waals surface area contributed by atoms with Crippen LogP contribution in [0.5, 0.6) is 0 Å². The van der Waals surface area contributed by atoms with Crippen molar-refractivity contribution in [2.45, 2.75) is 38.4 Å². The molecule has 4 heteroatoms. The molecule has 82 valence electrons. The third-order valence-corrected chi connectivity index (χ3v) is 3.17. The highest BCUT2D eigenvalue weighted by Crippen LogP contribution is 2.35. The molecule has 0 aromatic heterocycles. The Morgan fingerprint density at radius 3 is 3.13 bits per heavy atom. The van der Waals surface area contributed by atoms with Crippen molar-refractivity contribution < 1.29 is 9.53 Å². The van der Waals surface area contributed by atoms with Crippen molar-refractivity contribution in [1.82, 2.24) is 4.90 Å². The lowest BCUT2D eigenvalue weighted by molar-refractivity contribution is -0.114. The first kappa shape index (κ1) is 10.6. The number of ketones is 1. The van der Waals surface area contributed by atoms with E-state index in [2.05, 4.69) is 0 Å². The van der Waals surface area contributed by atoms with Crippen LogP contribution in [0.15, 0.2) is 23.6 Å². The Labute approximate surface area is 94.3 Å². The van der Waals surface area contributed by atoms with E-state index >= 15 is 0 Å². The molecule has 0 bridgehead atoms. The lowest BCUT2D eigenvalue weighted by atomic mass is 10.1. The van der Waals surface area contributed by atoms with Crippen molar-refractivity contribution >= 4 is 17.4 Å². The van der Waals surface area contributed by atoms with Crippen LogP contribution in [0.2, 0.25) is 0 Å². The second kappa shape index (κ2) is 3.89. The van der Waals surface area contributed by atoms with Crippen LogP contribution < -0.4 is 0 Å². The van der Waals surface area contributed by atoms with Gasteiger partial charge in [-0.05, 0) is 19.4 Å². The maximum absolute atomic E-state index is 11.2. The van der Waals surface area contributed by atoms with E-state index in [0.29, 0.717) is 12.2 Å². The van der Waals surface area contributed by atoms with E-state index < -0.39 is 0 Å². The van der Waals surface area contributed by atoms with E-state index in [4.69, 9.17) is 16.3 Å². The molecular formula is C11H14ClNO2. The second-order valence-electron chi connectivity index (χ2n) is 3.74. The van der Waals surface area contributed by atoms with Gasteiger partial charge < -0.3 is 9.64 Å². The summed E-state index contributed by atoms with van der Waals surface area (Å²) in [5.41, 5.74) is 0.884. The maximum atomic E-state index is 11.2. The van der Waals surface area contributed by atoms with Crippen LogP contribution >= 0.6 is 11.6 Å². The fraction of sp³-hybridized carbons (Fsp3) is 0.545. The third-order valence-electron chi connectivity index (χ3n) is 2.65. The van der Waals surface area contributed by atoms with Crippen LogP contribution in [0.25, 0.3) is 0 Å². The van der Waals surface area contributed by atoms with Gasteiger partial charge in [-0.25, -0.2) is 0 Å². The zero-order valence-electron chi connectivity index (χ0n) is 8.87. The van der Waals surface area contributed by atoms with Gasteiger partial charge in [0.1, 0.15) is 11.3 Å². The number of carbonyl (C=O) groups excluding carboxylic acids is 1. The summed E-state index contributed by atoms with van der Waals surface area (Å²) < 4.78 is 5.58. The predicted molar refractivity (Wildman–Crippen MR) is 58.1 cm³/mol. The number of ether oxygens (including phenoxy) is 1. The molecule has 1 fully saturated rings. The molecule has 1 aliphatic carbocycles. The normalized spacial score (nSPS) is 26.7. The Hall–Kier alpha value is -0.960. The third kappa shape index (κ3) is 1.76. The first-order valence-corrected chi connectivity index (χ1v) is 5.61. The van der Waals surface area contributed by atoms with E-state index in [1.807, 2.05) is 24.8 Å². The molecule has 3 nitrogen and oxygen atoms in total. The summed E-state index contributed by atoms with van der Waals surface area (Å²) in [6.07, 6.45) is 4.65. The molecule has 15 heavy (non-hydrogen) atoms. The number of nitrogens with zero attached hydrogens (tertiary/aromatic N) is 1. The summed E-state index contributed by atoms with van der Waals surface area (Å²) in [5.74, 6) is 0.753. The molecule has 1 heterocycles. The molecule has 0 aromatic carbocycles. The van der Waals surface area contributed by atoms with E-state index in [1.165, 1.54) is 0 Å². The van der Waals surface area contributed by atoms with E-state index in [1.54, 1.807) is 6.08 Å². The van der Waals surface area contributed by atoms with E-state index in [9.17, 15) is 4.79 Å². The van der Waals surface area contributed by atoms with Crippen LogP contribution in [0.4, 0.5) is 0 Å². The second-order valence-corrected chi connectivity index (χ2v) is 4.24. The van der Waals surface area contributed by atoms with Crippen LogP contribution in [-0.2, 0) is 9.53 Å². The number of alkyl halides is 1. The molecule has 2 atom stereocenters. The number of halogens is 1. The topological polar surface area (TPSA) is 29.5 Å². The largest absolute Gasteiger partial charge is 0.468 e. The quantitative estimate of drug-likeness (QED) is 0.536. The number of hydrogen-bond acceptors (Lipinski definition) is 3. The summed E-state index contributed by atoms with van der Waals surface area (Å²) in [5, 5.41) is 0. The average molecular weight is 228 g/mol. The Morgan fingerprint density at radius 1 is 1.73 bits per heavy atom. The molecule has 0 spiro atoms. The highest BCUT2D eigenvalue weighted by atomic mass is 35.5. The van der Waals surface area contributed by atoms with Gasteiger partial charge in [0.25, 0.3) is 0 Å². The van der Waals surface area contributed by atoms with E-state index in [0.717, 1.165) is 12.1 Å². The lowest BCUT2D eigenvalue weighted by Gasteiger charge is -2.26. The van der Waals surface area contributed by atoms with Gasteiger partial charge in [0.2, 0.25) is 0 Å². The predicted octanol–water partition coefficient (Wildman–Crippen LogP) is 2.38. The fourth-order valence-corrected chi connectivity index (χ4v) is 2.18. The van der Waals surface area contributed by atoms with Crippen molar-refractivity contribution in [3.63, 3.8) is 0 Å². The summed E-state index contributed by atoms with van der Waals surface area (Å²) in [4.78, 5) is 13.2. The zero-order valence-corrected chi connectivity index (χ0v) is 9.62. The monoisotopic (exact) mass is 227 g/mol. The number of carbonyl (C=O) groups is 1. The molecule has 0 radical (unpaired) electrons. The molecule has 0 N–H and O–H groups in total.